The lowest BCUT2D eigenvalue weighted by Gasteiger charge is -2.12. The Bertz CT molecular complexity index is 658. The zero-order valence-electron chi connectivity index (χ0n) is 14.7. The Hall–Kier alpha value is -1.35. The third-order valence-electron chi connectivity index (χ3n) is 3.61. The Balaban J connectivity index is 0.00000312. The van der Waals surface area contributed by atoms with Crippen molar-refractivity contribution in [3.05, 3.63) is 47.0 Å². The molecule has 2 rings (SSSR count). The van der Waals surface area contributed by atoms with E-state index >= 15 is 0 Å². The van der Waals surface area contributed by atoms with Crippen molar-refractivity contribution in [2.24, 2.45) is 4.99 Å². The molecule has 8 heteroatoms. The fraction of sp³-hybridized carbons (Fsp3) is 0.471. The second-order valence-corrected chi connectivity index (χ2v) is 5.73. The van der Waals surface area contributed by atoms with Crippen molar-refractivity contribution in [1.82, 2.24) is 25.4 Å². The summed E-state index contributed by atoms with van der Waals surface area (Å²) < 4.78 is 2.06. The van der Waals surface area contributed by atoms with Gasteiger partial charge in [0.1, 0.15) is 12.2 Å². The number of hydrogen-bond acceptors (Lipinski definition) is 3. The Morgan fingerprint density at radius 1 is 1.24 bits per heavy atom. The molecule has 0 saturated carbocycles. The van der Waals surface area contributed by atoms with Crippen molar-refractivity contribution < 1.29 is 0 Å². The largest absolute Gasteiger partial charge is 0.357 e. The van der Waals surface area contributed by atoms with Crippen molar-refractivity contribution in [3.8, 4) is 0 Å². The van der Waals surface area contributed by atoms with E-state index in [4.69, 9.17) is 11.6 Å². The summed E-state index contributed by atoms with van der Waals surface area (Å²) in [5, 5.41) is 15.4. The monoisotopic (exact) mass is 476 g/mol. The standard InChI is InChI=1S/C17H25ClN6.HI/c1-3-16-23-22-13-24(16)12-11-21-17(19-4-2)20-10-9-14-7-5-6-8-15(14)18;/h5-8,13H,3-4,9-12H2,1-2H3,(H2,19,20,21);1H. The SMILES string of the molecule is CCNC(=NCCc1ccccc1Cl)NCCn1cnnc1CC.I. The number of rotatable bonds is 8. The molecule has 0 bridgehead atoms. The van der Waals surface area contributed by atoms with Gasteiger partial charge in [-0.15, -0.1) is 34.2 Å². The summed E-state index contributed by atoms with van der Waals surface area (Å²) in [5.74, 6) is 1.81. The van der Waals surface area contributed by atoms with E-state index in [1.807, 2.05) is 24.3 Å². The quantitative estimate of drug-likeness (QED) is 0.349. The minimum atomic E-state index is 0. The van der Waals surface area contributed by atoms with Gasteiger partial charge in [-0.3, -0.25) is 4.99 Å². The van der Waals surface area contributed by atoms with Crippen LogP contribution in [0.5, 0.6) is 0 Å². The smallest absolute Gasteiger partial charge is 0.191 e. The van der Waals surface area contributed by atoms with Gasteiger partial charge >= 0.3 is 0 Å². The Morgan fingerprint density at radius 2 is 2.04 bits per heavy atom. The van der Waals surface area contributed by atoms with Gasteiger partial charge < -0.3 is 15.2 Å². The van der Waals surface area contributed by atoms with Gasteiger partial charge in [0.05, 0.1) is 0 Å². The summed E-state index contributed by atoms with van der Waals surface area (Å²) in [6.45, 7) is 7.22. The highest BCUT2D eigenvalue weighted by Gasteiger charge is 2.03. The molecule has 0 amide bonds. The second kappa shape index (κ2) is 12.1. The summed E-state index contributed by atoms with van der Waals surface area (Å²) in [4.78, 5) is 4.61. The maximum atomic E-state index is 6.18. The molecule has 6 nitrogen and oxygen atoms in total. The average Bonchev–Trinajstić information content (AvgIpc) is 3.04. The van der Waals surface area contributed by atoms with E-state index in [0.29, 0.717) is 6.54 Å². The van der Waals surface area contributed by atoms with Gasteiger partial charge in [0, 0.05) is 37.6 Å². The normalized spacial score (nSPS) is 11.1. The van der Waals surface area contributed by atoms with Crippen molar-refractivity contribution in [2.75, 3.05) is 19.6 Å². The number of nitrogens with zero attached hydrogens (tertiary/aromatic N) is 4. The molecule has 1 aromatic heterocycles. The lowest BCUT2D eigenvalue weighted by molar-refractivity contribution is 0.632. The number of aromatic nitrogens is 3. The second-order valence-electron chi connectivity index (χ2n) is 5.32. The molecule has 0 atom stereocenters. The molecule has 2 aromatic rings. The molecule has 0 fully saturated rings. The van der Waals surface area contributed by atoms with Crippen LogP contribution >= 0.6 is 35.6 Å². The Labute approximate surface area is 171 Å². The van der Waals surface area contributed by atoms with Crippen LogP contribution in [-0.4, -0.2) is 40.4 Å². The molecule has 0 spiro atoms. The van der Waals surface area contributed by atoms with Crippen LogP contribution in [0.15, 0.2) is 35.6 Å². The topological polar surface area (TPSA) is 67.1 Å². The molecule has 1 aromatic carbocycles. The van der Waals surface area contributed by atoms with Gasteiger partial charge in [0.15, 0.2) is 5.96 Å². The fourth-order valence-corrected chi connectivity index (χ4v) is 2.60. The van der Waals surface area contributed by atoms with Gasteiger partial charge in [-0.2, -0.15) is 0 Å². The van der Waals surface area contributed by atoms with Crippen LogP contribution in [0, 0.1) is 0 Å². The zero-order chi connectivity index (χ0) is 17.2. The van der Waals surface area contributed by atoms with Gasteiger partial charge in [0.2, 0.25) is 0 Å². The predicted molar refractivity (Wildman–Crippen MR) is 114 cm³/mol. The molecule has 0 unspecified atom stereocenters. The van der Waals surface area contributed by atoms with Gasteiger partial charge in [-0.1, -0.05) is 36.7 Å². The van der Waals surface area contributed by atoms with E-state index < -0.39 is 0 Å². The van der Waals surface area contributed by atoms with Crippen molar-refractivity contribution in [2.45, 2.75) is 33.2 Å². The maximum Gasteiger partial charge on any atom is 0.191 e. The Kier molecular flexibility index (Phi) is 10.5. The van der Waals surface area contributed by atoms with Crippen LogP contribution in [0.2, 0.25) is 5.02 Å². The molecular weight excluding hydrogens is 451 g/mol. The molecule has 138 valence electrons. The molecule has 1 heterocycles. The fourth-order valence-electron chi connectivity index (χ4n) is 2.37. The summed E-state index contributed by atoms with van der Waals surface area (Å²) in [5.41, 5.74) is 1.12. The first-order valence-corrected chi connectivity index (χ1v) is 8.74. The number of guanidine groups is 1. The van der Waals surface area contributed by atoms with E-state index in [-0.39, 0.29) is 24.0 Å². The third kappa shape index (κ3) is 7.19. The number of nitrogens with one attached hydrogen (secondary N) is 2. The van der Waals surface area contributed by atoms with Crippen LogP contribution in [0.3, 0.4) is 0 Å². The summed E-state index contributed by atoms with van der Waals surface area (Å²) in [7, 11) is 0. The first kappa shape index (κ1) is 21.7. The molecule has 0 aliphatic heterocycles. The van der Waals surface area contributed by atoms with E-state index in [9.17, 15) is 0 Å². The number of halogens is 2. The molecule has 0 saturated heterocycles. The Morgan fingerprint density at radius 3 is 2.76 bits per heavy atom. The van der Waals surface area contributed by atoms with E-state index in [0.717, 1.165) is 54.8 Å². The maximum absolute atomic E-state index is 6.18. The van der Waals surface area contributed by atoms with Crippen LogP contribution in [0.25, 0.3) is 0 Å². The lowest BCUT2D eigenvalue weighted by Crippen LogP contribution is -2.39. The van der Waals surface area contributed by atoms with Crippen molar-refractivity contribution >= 4 is 41.5 Å². The van der Waals surface area contributed by atoms with Crippen LogP contribution in [-0.2, 0) is 19.4 Å². The van der Waals surface area contributed by atoms with Crippen LogP contribution in [0.4, 0.5) is 0 Å². The zero-order valence-corrected chi connectivity index (χ0v) is 17.8. The first-order valence-electron chi connectivity index (χ1n) is 8.36. The highest BCUT2D eigenvalue weighted by atomic mass is 127. The molecule has 0 aliphatic rings. The number of aryl methyl sites for hydroxylation is 1. The molecule has 25 heavy (non-hydrogen) atoms. The molecule has 0 aliphatic carbocycles. The van der Waals surface area contributed by atoms with E-state index in [1.165, 1.54) is 0 Å². The minimum absolute atomic E-state index is 0. The highest BCUT2D eigenvalue weighted by Crippen LogP contribution is 2.15. The third-order valence-corrected chi connectivity index (χ3v) is 3.98. The minimum Gasteiger partial charge on any atom is -0.357 e. The van der Waals surface area contributed by atoms with Crippen LogP contribution < -0.4 is 10.6 Å². The van der Waals surface area contributed by atoms with Gasteiger partial charge in [-0.05, 0) is 25.0 Å². The predicted octanol–water partition coefficient (Wildman–Crippen LogP) is 2.91. The number of benzene rings is 1. The number of hydrogen-bond donors (Lipinski definition) is 2. The summed E-state index contributed by atoms with van der Waals surface area (Å²) in [6, 6.07) is 7.89. The van der Waals surface area contributed by atoms with E-state index in [1.54, 1.807) is 6.33 Å². The van der Waals surface area contributed by atoms with Crippen LogP contribution in [0.1, 0.15) is 25.2 Å². The first-order chi connectivity index (χ1) is 11.7. The highest BCUT2D eigenvalue weighted by molar-refractivity contribution is 14.0. The molecule has 0 radical (unpaired) electrons. The summed E-state index contributed by atoms with van der Waals surface area (Å²) >= 11 is 6.18. The lowest BCUT2D eigenvalue weighted by atomic mass is 10.1. The number of aliphatic imine (C=N–C) groups is 1. The molecular formula is C17H26ClIN6. The van der Waals surface area contributed by atoms with Gasteiger partial charge in [0.25, 0.3) is 0 Å². The van der Waals surface area contributed by atoms with Gasteiger partial charge in [-0.25, -0.2) is 0 Å². The average molecular weight is 477 g/mol. The van der Waals surface area contributed by atoms with E-state index in [2.05, 4.69) is 44.2 Å². The van der Waals surface area contributed by atoms with Crippen molar-refractivity contribution in [1.29, 1.82) is 0 Å². The van der Waals surface area contributed by atoms with Crippen molar-refractivity contribution in [3.63, 3.8) is 0 Å². The molecule has 2 N–H and O–H groups in total. The summed E-state index contributed by atoms with van der Waals surface area (Å²) in [6.07, 6.45) is 3.47.